The fourth-order valence-electron chi connectivity index (χ4n) is 4.39. The van der Waals surface area contributed by atoms with Crippen LogP contribution >= 0.6 is 0 Å². The Kier molecular flexibility index (Phi) is 4.08. The van der Waals surface area contributed by atoms with E-state index in [-0.39, 0.29) is 11.9 Å². The van der Waals surface area contributed by atoms with Crippen LogP contribution in [0, 0.1) is 23.6 Å². The molecule has 0 aliphatic heterocycles. The summed E-state index contributed by atoms with van der Waals surface area (Å²) >= 11 is 0. The first-order valence-electron chi connectivity index (χ1n) is 7.83. The van der Waals surface area contributed by atoms with Crippen LogP contribution < -0.4 is 5.73 Å². The Morgan fingerprint density at radius 3 is 2.70 bits per heavy atom. The van der Waals surface area contributed by atoms with Crippen molar-refractivity contribution in [3.05, 3.63) is 35.6 Å². The fraction of sp³-hybridized carbons (Fsp3) is 0.647. The zero-order valence-corrected chi connectivity index (χ0v) is 12.3. The molecule has 20 heavy (non-hydrogen) atoms. The predicted molar refractivity (Wildman–Crippen MR) is 79.8 cm³/mol. The van der Waals surface area contributed by atoms with Crippen LogP contribution in [0.2, 0.25) is 0 Å². The van der Waals surface area contributed by atoms with Crippen molar-refractivity contribution in [2.24, 2.45) is 23.5 Å². The number of halogens is 1. The lowest BCUT2D eigenvalue weighted by Gasteiger charge is -2.32. The smallest absolute Gasteiger partial charge is 0.128 e. The maximum absolute atomic E-state index is 14.0. The predicted octanol–water partition coefficient (Wildman–Crippen LogP) is 3.19. The van der Waals surface area contributed by atoms with Crippen molar-refractivity contribution in [1.29, 1.82) is 0 Å². The zero-order valence-electron chi connectivity index (χ0n) is 12.3. The Bertz CT molecular complexity index is 462. The summed E-state index contributed by atoms with van der Waals surface area (Å²) in [6, 6.07) is 7.03. The molecule has 0 saturated heterocycles. The lowest BCUT2D eigenvalue weighted by molar-refractivity contribution is 0.173. The molecule has 2 aliphatic rings. The van der Waals surface area contributed by atoms with Gasteiger partial charge in [0, 0.05) is 24.7 Å². The minimum atomic E-state index is -0.136. The van der Waals surface area contributed by atoms with Gasteiger partial charge in [-0.25, -0.2) is 4.39 Å². The van der Waals surface area contributed by atoms with Gasteiger partial charge in [0.05, 0.1) is 0 Å². The van der Waals surface area contributed by atoms with Crippen LogP contribution in [0.15, 0.2) is 24.3 Å². The molecule has 2 bridgehead atoms. The van der Waals surface area contributed by atoms with E-state index in [1.54, 1.807) is 6.07 Å². The summed E-state index contributed by atoms with van der Waals surface area (Å²) in [7, 11) is 2.09. The number of nitrogens with two attached hydrogens (primary N) is 1. The van der Waals surface area contributed by atoms with Gasteiger partial charge in [0.2, 0.25) is 0 Å². The summed E-state index contributed by atoms with van der Waals surface area (Å²) < 4.78 is 14.0. The van der Waals surface area contributed by atoms with Gasteiger partial charge in [-0.2, -0.15) is 0 Å². The van der Waals surface area contributed by atoms with Gasteiger partial charge in [0.1, 0.15) is 5.82 Å². The van der Waals surface area contributed by atoms with Crippen LogP contribution in [0.5, 0.6) is 0 Å². The van der Waals surface area contributed by atoms with Gasteiger partial charge >= 0.3 is 0 Å². The first-order valence-corrected chi connectivity index (χ1v) is 7.83. The molecule has 2 fully saturated rings. The maximum Gasteiger partial charge on any atom is 0.128 e. The van der Waals surface area contributed by atoms with Crippen molar-refractivity contribution in [2.45, 2.75) is 31.7 Å². The highest BCUT2D eigenvalue weighted by molar-refractivity contribution is 5.21. The van der Waals surface area contributed by atoms with E-state index in [9.17, 15) is 4.39 Å². The maximum atomic E-state index is 14.0. The van der Waals surface area contributed by atoms with Crippen LogP contribution in [0.25, 0.3) is 0 Å². The van der Waals surface area contributed by atoms with Crippen molar-refractivity contribution in [3.63, 3.8) is 0 Å². The van der Waals surface area contributed by atoms with Crippen LogP contribution in [0.4, 0.5) is 4.39 Å². The molecule has 1 aromatic carbocycles. The van der Waals surface area contributed by atoms with Crippen molar-refractivity contribution in [1.82, 2.24) is 4.90 Å². The van der Waals surface area contributed by atoms with E-state index in [0.29, 0.717) is 6.54 Å². The number of benzene rings is 1. The van der Waals surface area contributed by atoms with Crippen molar-refractivity contribution in [2.75, 3.05) is 20.1 Å². The molecule has 3 rings (SSSR count). The Hall–Kier alpha value is -0.930. The first-order chi connectivity index (χ1) is 9.69. The third-order valence-electron chi connectivity index (χ3n) is 5.43. The van der Waals surface area contributed by atoms with Crippen LogP contribution in [-0.2, 0) is 0 Å². The molecule has 0 aromatic heterocycles. The Morgan fingerprint density at radius 2 is 2.10 bits per heavy atom. The van der Waals surface area contributed by atoms with Crippen molar-refractivity contribution >= 4 is 0 Å². The number of nitrogens with zero attached hydrogens (tertiary/aromatic N) is 1. The summed E-state index contributed by atoms with van der Waals surface area (Å²) in [4.78, 5) is 2.27. The molecule has 2 saturated carbocycles. The molecule has 110 valence electrons. The molecule has 3 heteroatoms. The number of hydrogen-bond acceptors (Lipinski definition) is 2. The van der Waals surface area contributed by atoms with Crippen LogP contribution in [0.3, 0.4) is 0 Å². The topological polar surface area (TPSA) is 29.3 Å². The van der Waals surface area contributed by atoms with Crippen molar-refractivity contribution in [3.8, 4) is 0 Å². The zero-order chi connectivity index (χ0) is 14.1. The third kappa shape index (κ3) is 2.61. The lowest BCUT2D eigenvalue weighted by atomic mass is 9.88. The van der Waals surface area contributed by atoms with E-state index in [1.807, 2.05) is 12.1 Å². The van der Waals surface area contributed by atoms with E-state index in [4.69, 9.17) is 5.73 Å². The molecule has 2 aliphatic carbocycles. The quantitative estimate of drug-likeness (QED) is 0.895. The average molecular weight is 276 g/mol. The summed E-state index contributed by atoms with van der Waals surface area (Å²) in [5.74, 6) is 2.52. The van der Waals surface area contributed by atoms with E-state index in [2.05, 4.69) is 11.9 Å². The monoisotopic (exact) mass is 276 g/mol. The normalized spacial score (nSPS) is 30.1. The molecule has 0 spiro atoms. The van der Waals surface area contributed by atoms with Crippen LogP contribution in [0.1, 0.15) is 37.3 Å². The molecule has 4 atom stereocenters. The highest BCUT2D eigenvalue weighted by Gasteiger charge is 2.40. The van der Waals surface area contributed by atoms with E-state index < -0.39 is 0 Å². The lowest BCUT2D eigenvalue weighted by Crippen LogP contribution is -2.36. The second-order valence-electron chi connectivity index (χ2n) is 6.65. The number of likely N-dealkylation sites (N-methyl/N-ethyl adjacent to an activating group) is 1. The average Bonchev–Trinajstić information content (AvgIpc) is 3.04. The van der Waals surface area contributed by atoms with Gasteiger partial charge in [0.25, 0.3) is 0 Å². The Labute approximate surface area is 121 Å². The first kappa shape index (κ1) is 14.0. The Morgan fingerprint density at radius 1 is 1.30 bits per heavy atom. The standard InChI is InChI=1S/C17H25FN2/c1-20(11-14-9-12-6-7-13(14)8-12)17(10-19)15-4-2-3-5-16(15)18/h2-5,12-14,17H,6-11,19H2,1H3. The van der Waals surface area contributed by atoms with Gasteiger partial charge in [0.15, 0.2) is 0 Å². The minimum absolute atomic E-state index is 0.00433. The minimum Gasteiger partial charge on any atom is -0.329 e. The molecular weight excluding hydrogens is 251 g/mol. The second-order valence-corrected chi connectivity index (χ2v) is 6.65. The summed E-state index contributed by atoms with van der Waals surface area (Å²) in [5, 5.41) is 0. The van der Waals surface area contributed by atoms with E-state index >= 15 is 0 Å². The van der Waals surface area contributed by atoms with E-state index in [1.165, 1.54) is 31.7 Å². The molecule has 0 heterocycles. The molecular formula is C17H25FN2. The fourth-order valence-corrected chi connectivity index (χ4v) is 4.39. The van der Waals surface area contributed by atoms with Gasteiger partial charge in [-0.3, -0.25) is 4.90 Å². The van der Waals surface area contributed by atoms with Gasteiger partial charge in [-0.05, 0) is 50.1 Å². The second kappa shape index (κ2) is 5.82. The van der Waals surface area contributed by atoms with Crippen molar-refractivity contribution < 1.29 is 4.39 Å². The highest BCUT2D eigenvalue weighted by atomic mass is 19.1. The number of fused-ring (bicyclic) bond motifs is 2. The van der Waals surface area contributed by atoms with Gasteiger partial charge < -0.3 is 5.73 Å². The number of hydrogen-bond donors (Lipinski definition) is 1. The summed E-state index contributed by atoms with van der Waals surface area (Å²) in [5.41, 5.74) is 6.65. The molecule has 0 amide bonds. The van der Waals surface area contributed by atoms with Gasteiger partial charge in [-0.15, -0.1) is 0 Å². The molecule has 4 unspecified atom stereocenters. The summed E-state index contributed by atoms with van der Waals surface area (Å²) in [6.07, 6.45) is 5.61. The Balaban J connectivity index is 1.68. The number of rotatable bonds is 5. The molecule has 0 radical (unpaired) electrons. The SMILES string of the molecule is CN(CC1CC2CCC1C2)C(CN)c1ccccc1F. The summed E-state index contributed by atoms with van der Waals surface area (Å²) in [6.45, 7) is 1.52. The van der Waals surface area contributed by atoms with E-state index in [0.717, 1.165) is 29.9 Å². The highest BCUT2D eigenvalue weighted by Crippen LogP contribution is 2.48. The van der Waals surface area contributed by atoms with Crippen LogP contribution in [-0.4, -0.2) is 25.0 Å². The molecule has 1 aromatic rings. The largest absolute Gasteiger partial charge is 0.329 e. The third-order valence-corrected chi connectivity index (χ3v) is 5.43. The molecule has 2 nitrogen and oxygen atoms in total. The molecule has 2 N–H and O–H groups in total. The van der Waals surface area contributed by atoms with Gasteiger partial charge in [-0.1, -0.05) is 24.6 Å².